The Hall–Kier alpha value is -1.96. The van der Waals surface area contributed by atoms with Crippen molar-refractivity contribution in [2.45, 2.75) is 0 Å². The number of pyridine rings is 1. The molecule has 1 aromatic rings. The van der Waals surface area contributed by atoms with Crippen LogP contribution < -0.4 is 11.5 Å². The number of carbonyl (C=O) groups is 3. The van der Waals surface area contributed by atoms with Crippen LogP contribution in [0.2, 0.25) is 0 Å². The van der Waals surface area contributed by atoms with Crippen LogP contribution in [0.3, 0.4) is 0 Å². The molecule has 7 nitrogen and oxygen atoms in total. The van der Waals surface area contributed by atoms with Crippen LogP contribution in [0, 0.1) is 0 Å². The Morgan fingerprint density at radius 1 is 1.17 bits per heavy atom. The fourth-order valence-electron chi connectivity index (χ4n) is 1.29. The minimum Gasteiger partial charge on any atom is -0.368 e. The summed E-state index contributed by atoms with van der Waals surface area (Å²) in [4.78, 5) is 38.5. The zero-order valence-corrected chi connectivity index (χ0v) is 10.9. The quantitative estimate of drug-likeness (QED) is 0.743. The van der Waals surface area contributed by atoms with Crippen molar-refractivity contribution >= 4 is 33.7 Å². The Bertz CT molecular complexity index is 476. The van der Waals surface area contributed by atoms with Gasteiger partial charge in [-0.05, 0) is 22.0 Å². The SMILES string of the molecule is NC(=O)CN(CC(N)=O)C(=O)c1cncc(Br)c1. The molecule has 0 spiro atoms. The fraction of sp³-hybridized carbons (Fsp3) is 0.200. The van der Waals surface area contributed by atoms with Gasteiger partial charge >= 0.3 is 0 Å². The predicted octanol–water partition coefficient (Wildman–Crippen LogP) is -0.743. The lowest BCUT2D eigenvalue weighted by atomic mass is 10.2. The molecule has 0 saturated carbocycles. The molecule has 0 saturated heterocycles. The van der Waals surface area contributed by atoms with Gasteiger partial charge in [0.15, 0.2) is 0 Å². The van der Waals surface area contributed by atoms with Crippen LogP contribution in [-0.2, 0) is 9.59 Å². The number of hydrogen-bond donors (Lipinski definition) is 2. The van der Waals surface area contributed by atoms with Gasteiger partial charge in [0, 0.05) is 16.9 Å². The summed E-state index contributed by atoms with van der Waals surface area (Å²) >= 11 is 3.16. The molecule has 0 unspecified atom stereocenters. The second-order valence-electron chi connectivity index (χ2n) is 3.49. The second kappa shape index (κ2) is 6.10. The summed E-state index contributed by atoms with van der Waals surface area (Å²) in [7, 11) is 0. The lowest BCUT2D eigenvalue weighted by Gasteiger charge is -2.19. The minimum absolute atomic E-state index is 0.229. The number of hydrogen-bond acceptors (Lipinski definition) is 4. The van der Waals surface area contributed by atoms with Crippen molar-refractivity contribution in [1.82, 2.24) is 9.88 Å². The van der Waals surface area contributed by atoms with E-state index in [4.69, 9.17) is 11.5 Å². The van der Waals surface area contributed by atoms with Gasteiger partial charge in [0.05, 0.1) is 5.56 Å². The highest BCUT2D eigenvalue weighted by Crippen LogP contribution is 2.11. The highest BCUT2D eigenvalue weighted by molar-refractivity contribution is 9.10. The Morgan fingerprint density at radius 2 is 1.72 bits per heavy atom. The molecule has 3 amide bonds. The van der Waals surface area contributed by atoms with E-state index in [1.807, 2.05) is 0 Å². The van der Waals surface area contributed by atoms with Crippen molar-refractivity contribution in [3.8, 4) is 0 Å². The Balaban J connectivity index is 2.94. The summed E-state index contributed by atoms with van der Waals surface area (Å²) in [6, 6.07) is 1.52. The first-order valence-electron chi connectivity index (χ1n) is 4.86. The Labute approximate surface area is 111 Å². The summed E-state index contributed by atoms with van der Waals surface area (Å²) in [5.41, 5.74) is 10.2. The Morgan fingerprint density at radius 3 is 2.17 bits per heavy atom. The number of carbonyl (C=O) groups excluding carboxylic acids is 3. The predicted molar refractivity (Wildman–Crippen MR) is 66.2 cm³/mol. The minimum atomic E-state index is -0.729. The number of halogens is 1. The first kappa shape index (κ1) is 14.1. The highest BCUT2D eigenvalue weighted by atomic mass is 79.9. The lowest BCUT2D eigenvalue weighted by molar-refractivity contribution is -0.121. The molecule has 0 aliphatic rings. The standard InChI is InChI=1S/C10H11BrN4O3/c11-7-1-6(2-14-3-7)10(18)15(4-8(12)16)5-9(13)17/h1-3H,4-5H2,(H2,12,16)(H2,13,17). The average molecular weight is 315 g/mol. The molecular weight excluding hydrogens is 304 g/mol. The number of nitrogens with zero attached hydrogens (tertiary/aromatic N) is 2. The van der Waals surface area contributed by atoms with Gasteiger partial charge < -0.3 is 16.4 Å². The van der Waals surface area contributed by atoms with E-state index in [0.29, 0.717) is 4.47 Å². The van der Waals surface area contributed by atoms with E-state index >= 15 is 0 Å². The molecule has 1 heterocycles. The van der Waals surface area contributed by atoms with E-state index in [9.17, 15) is 14.4 Å². The highest BCUT2D eigenvalue weighted by Gasteiger charge is 2.19. The fourth-order valence-corrected chi connectivity index (χ4v) is 1.65. The van der Waals surface area contributed by atoms with Crippen molar-refractivity contribution in [2.24, 2.45) is 11.5 Å². The third kappa shape index (κ3) is 4.13. The van der Waals surface area contributed by atoms with Crippen LogP contribution in [-0.4, -0.2) is 40.7 Å². The number of nitrogens with two attached hydrogens (primary N) is 2. The molecule has 1 aromatic heterocycles. The molecule has 0 atom stereocenters. The number of aromatic nitrogens is 1. The van der Waals surface area contributed by atoms with Crippen LogP contribution in [0.5, 0.6) is 0 Å². The second-order valence-corrected chi connectivity index (χ2v) is 4.40. The van der Waals surface area contributed by atoms with Crippen LogP contribution >= 0.6 is 15.9 Å². The van der Waals surface area contributed by atoms with Crippen molar-refractivity contribution in [3.63, 3.8) is 0 Å². The van der Waals surface area contributed by atoms with Crippen molar-refractivity contribution < 1.29 is 14.4 Å². The Kier molecular flexibility index (Phi) is 4.78. The van der Waals surface area contributed by atoms with E-state index in [1.54, 1.807) is 0 Å². The zero-order chi connectivity index (χ0) is 13.7. The normalized spacial score (nSPS) is 9.83. The van der Waals surface area contributed by atoms with Gasteiger partial charge in [0.1, 0.15) is 13.1 Å². The molecule has 0 radical (unpaired) electrons. The first-order chi connectivity index (χ1) is 8.40. The van der Waals surface area contributed by atoms with Gasteiger partial charge in [-0.3, -0.25) is 19.4 Å². The molecule has 18 heavy (non-hydrogen) atoms. The molecule has 0 aromatic carbocycles. The van der Waals surface area contributed by atoms with Crippen molar-refractivity contribution in [3.05, 3.63) is 28.5 Å². The van der Waals surface area contributed by atoms with Crippen LogP contribution in [0.25, 0.3) is 0 Å². The van der Waals surface area contributed by atoms with E-state index in [-0.39, 0.29) is 18.7 Å². The summed E-state index contributed by atoms with van der Waals surface area (Å²) in [5, 5.41) is 0. The lowest BCUT2D eigenvalue weighted by Crippen LogP contribution is -2.43. The van der Waals surface area contributed by atoms with E-state index in [1.165, 1.54) is 18.5 Å². The molecular formula is C10H11BrN4O3. The van der Waals surface area contributed by atoms with Gasteiger partial charge in [0.25, 0.3) is 5.91 Å². The molecule has 0 fully saturated rings. The van der Waals surface area contributed by atoms with Gasteiger partial charge in [0.2, 0.25) is 11.8 Å². The van der Waals surface area contributed by atoms with Crippen LogP contribution in [0.4, 0.5) is 0 Å². The molecule has 96 valence electrons. The topological polar surface area (TPSA) is 119 Å². The summed E-state index contributed by atoms with van der Waals surface area (Å²) < 4.78 is 0.603. The zero-order valence-electron chi connectivity index (χ0n) is 9.30. The number of rotatable bonds is 5. The maximum Gasteiger partial charge on any atom is 0.256 e. The average Bonchev–Trinajstić information content (AvgIpc) is 2.26. The summed E-state index contributed by atoms with van der Waals surface area (Å²) in [6.07, 6.45) is 2.82. The molecule has 0 aliphatic heterocycles. The third-order valence-electron chi connectivity index (χ3n) is 1.93. The van der Waals surface area contributed by atoms with Gasteiger partial charge in [-0.15, -0.1) is 0 Å². The summed E-state index contributed by atoms with van der Waals surface area (Å²) in [5.74, 6) is -2.00. The van der Waals surface area contributed by atoms with Crippen LogP contribution in [0.15, 0.2) is 22.9 Å². The number of primary amides is 2. The summed E-state index contributed by atoms with van der Waals surface area (Å²) in [6.45, 7) is -0.761. The molecule has 0 aliphatic carbocycles. The van der Waals surface area contributed by atoms with Crippen LogP contribution in [0.1, 0.15) is 10.4 Å². The third-order valence-corrected chi connectivity index (χ3v) is 2.37. The van der Waals surface area contributed by atoms with Crippen molar-refractivity contribution in [2.75, 3.05) is 13.1 Å². The number of amides is 3. The maximum atomic E-state index is 12.0. The van der Waals surface area contributed by atoms with Gasteiger partial charge in [-0.1, -0.05) is 0 Å². The molecule has 8 heteroatoms. The smallest absolute Gasteiger partial charge is 0.256 e. The largest absolute Gasteiger partial charge is 0.368 e. The molecule has 0 bridgehead atoms. The van der Waals surface area contributed by atoms with E-state index in [2.05, 4.69) is 20.9 Å². The monoisotopic (exact) mass is 314 g/mol. The molecule has 1 rings (SSSR count). The van der Waals surface area contributed by atoms with E-state index < -0.39 is 17.7 Å². The maximum absolute atomic E-state index is 12.0. The van der Waals surface area contributed by atoms with Crippen molar-refractivity contribution in [1.29, 1.82) is 0 Å². The van der Waals surface area contributed by atoms with Gasteiger partial charge in [-0.25, -0.2) is 0 Å². The molecule has 4 N–H and O–H groups in total. The first-order valence-corrected chi connectivity index (χ1v) is 5.66. The van der Waals surface area contributed by atoms with Gasteiger partial charge in [-0.2, -0.15) is 0 Å². The van der Waals surface area contributed by atoms with E-state index in [0.717, 1.165) is 4.90 Å².